The van der Waals surface area contributed by atoms with Gasteiger partial charge in [0, 0.05) is 0 Å². The van der Waals surface area contributed by atoms with Crippen LogP contribution in [0.1, 0.15) is 6.92 Å². The topological polar surface area (TPSA) is 110 Å². The Morgan fingerprint density at radius 3 is 2.70 bits per heavy atom. The Kier molecular flexibility index (Phi) is 3.30. The molecule has 0 aliphatic heterocycles. The van der Waals surface area contributed by atoms with Gasteiger partial charge in [-0.05, 0) is 6.92 Å². The van der Waals surface area contributed by atoms with Crippen molar-refractivity contribution in [2.75, 3.05) is 5.32 Å². The van der Waals surface area contributed by atoms with E-state index >= 15 is 0 Å². The van der Waals surface area contributed by atoms with E-state index in [9.17, 15) is 18.0 Å². The number of halogens is 4. The number of carbonyl (C=O) groups excluding carboxylic acids is 1. The van der Waals surface area contributed by atoms with Gasteiger partial charge in [-0.2, -0.15) is 23.1 Å². The second kappa shape index (κ2) is 4.56. The largest absolute Gasteiger partial charge is 0.415 e. The fourth-order valence-electron chi connectivity index (χ4n) is 1.21. The molecule has 2 rings (SSSR count). The van der Waals surface area contributed by atoms with Gasteiger partial charge >= 0.3 is 6.18 Å². The summed E-state index contributed by atoms with van der Waals surface area (Å²) in [6.07, 6.45) is -3.64. The Morgan fingerprint density at radius 1 is 1.45 bits per heavy atom. The molecule has 0 saturated heterocycles. The normalized spacial score (nSPS) is 15.1. The number of anilines is 1. The molecule has 2 aromatic heterocycles. The molecule has 1 amide bonds. The molecule has 11 heteroatoms. The summed E-state index contributed by atoms with van der Waals surface area (Å²) in [5, 5.41) is 1.78. The number of imidazole rings is 1. The average Bonchev–Trinajstić information content (AvgIpc) is 2.75. The van der Waals surface area contributed by atoms with E-state index in [2.05, 4.69) is 19.9 Å². The van der Waals surface area contributed by atoms with Crippen LogP contribution in [0.4, 0.5) is 19.1 Å². The number of H-pyrrole nitrogens is 1. The van der Waals surface area contributed by atoms with Crippen LogP contribution < -0.4 is 11.1 Å². The van der Waals surface area contributed by atoms with Crippen molar-refractivity contribution in [2.24, 2.45) is 5.73 Å². The lowest BCUT2D eigenvalue weighted by Crippen LogP contribution is -2.59. The molecule has 20 heavy (non-hydrogen) atoms. The Morgan fingerprint density at radius 2 is 2.10 bits per heavy atom. The van der Waals surface area contributed by atoms with Crippen molar-refractivity contribution in [2.45, 2.75) is 18.6 Å². The van der Waals surface area contributed by atoms with Crippen LogP contribution in [0.3, 0.4) is 0 Å². The van der Waals surface area contributed by atoms with Gasteiger partial charge in [0.05, 0.1) is 6.33 Å². The fourth-order valence-corrected chi connectivity index (χ4v) is 1.43. The Hall–Kier alpha value is -1.94. The van der Waals surface area contributed by atoms with Crippen molar-refractivity contribution in [3.8, 4) is 0 Å². The van der Waals surface area contributed by atoms with Crippen LogP contribution in [0.2, 0.25) is 5.15 Å². The Labute approximate surface area is 114 Å². The smallest absolute Gasteiger partial charge is 0.341 e. The van der Waals surface area contributed by atoms with E-state index in [1.54, 1.807) is 0 Å². The summed E-state index contributed by atoms with van der Waals surface area (Å²) in [5.74, 6) is -1.92. The Balaban J connectivity index is 2.30. The maximum absolute atomic E-state index is 12.6. The van der Waals surface area contributed by atoms with Gasteiger partial charge < -0.3 is 10.7 Å². The molecule has 1 atom stereocenters. The highest BCUT2D eigenvalue weighted by Gasteiger charge is 2.54. The molecule has 0 saturated carbocycles. The summed E-state index contributed by atoms with van der Waals surface area (Å²) < 4.78 is 37.8. The third kappa shape index (κ3) is 2.39. The van der Waals surface area contributed by atoms with Gasteiger partial charge in [-0.15, -0.1) is 0 Å². The molecule has 0 radical (unpaired) electrons. The predicted molar refractivity (Wildman–Crippen MR) is 64.0 cm³/mol. The number of carbonyl (C=O) groups is 1. The molecule has 0 bridgehead atoms. The quantitative estimate of drug-likeness (QED) is 0.723. The molecule has 7 nitrogen and oxygen atoms in total. The average molecular weight is 309 g/mol. The van der Waals surface area contributed by atoms with Crippen LogP contribution >= 0.6 is 11.6 Å². The fraction of sp³-hybridized carbons (Fsp3) is 0.333. The summed E-state index contributed by atoms with van der Waals surface area (Å²) in [6.45, 7) is 0.539. The van der Waals surface area contributed by atoms with Gasteiger partial charge in [0.25, 0.3) is 5.91 Å². The molecule has 0 aliphatic carbocycles. The lowest BCUT2D eigenvalue weighted by molar-refractivity contribution is -0.184. The lowest BCUT2D eigenvalue weighted by Gasteiger charge is -2.25. The zero-order chi connectivity index (χ0) is 15.1. The maximum Gasteiger partial charge on any atom is 0.415 e. The first-order valence-electron chi connectivity index (χ1n) is 5.16. The number of alkyl halides is 3. The summed E-state index contributed by atoms with van der Waals surface area (Å²) >= 11 is 5.76. The summed E-state index contributed by atoms with van der Waals surface area (Å²) in [5.41, 5.74) is 2.29. The molecule has 0 fully saturated rings. The predicted octanol–water partition coefficient (Wildman–Crippen LogP) is 1.22. The van der Waals surface area contributed by atoms with Crippen LogP contribution in [0.5, 0.6) is 0 Å². The van der Waals surface area contributed by atoms with Gasteiger partial charge in [-0.25, -0.2) is 4.98 Å². The minimum absolute atomic E-state index is 0.0893. The maximum atomic E-state index is 12.6. The van der Waals surface area contributed by atoms with Crippen molar-refractivity contribution in [1.82, 2.24) is 19.9 Å². The SMILES string of the molecule is CC(N)(C(=O)Nc1nc(Cl)c2[nH]cnc2n1)C(F)(F)F. The summed E-state index contributed by atoms with van der Waals surface area (Å²) in [7, 11) is 0. The highest BCUT2D eigenvalue weighted by Crippen LogP contribution is 2.29. The number of aromatic nitrogens is 4. The minimum Gasteiger partial charge on any atom is -0.341 e. The van der Waals surface area contributed by atoms with E-state index in [1.807, 2.05) is 5.32 Å². The van der Waals surface area contributed by atoms with Crippen LogP contribution in [0.15, 0.2) is 6.33 Å². The number of aromatic amines is 1. The van der Waals surface area contributed by atoms with Crippen molar-refractivity contribution in [3.05, 3.63) is 11.5 Å². The number of hydrogen-bond acceptors (Lipinski definition) is 5. The van der Waals surface area contributed by atoms with Crippen molar-refractivity contribution >= 4 is 34.6 Å². The summed E-state index contributed by atoms with van der Waals surface area (Å²) in [6, 6.07) is 0. The number of fused-ring (bicyclic) bond motifs is 1. The van der Waals surface area contributed by atoms with Crippen LogP contribution in [0.25, 0.3) is 11.2 Å². The van der Waals surface area contributed by atoms with Gasteiger partial charge in [0.1, 0.15) is 5.52 Å². The number of nitrogens with two attached hydrogens (primary N) is 1. The van der Waals surface area contributed by atoms with E-state index in [-0.39, 0.29) is 10.8 Å². The number of nitrogens with zero attached hydrogens (tertiary/aromatic N) is 3. The number of hydrogen-bond donors (Lipinski definition) is 3. The molecule has 0 aromatic carbocycles. The van der Waals surface area contributed by atoms with Gasteiger partial charge in [-0.1, -0.05) is 11.6 Å². The monoisotopic (exact) mass is 308 g/mol. The lowest BCUT2D eigenvalue weighted by atomic mass is 10.0. The van der Waals surface area contributed by atoms with E-state index in [4.69, 9.17) is 17.3 Å². The third-order valence-corrected chi connectivity index (χ3v) is 2.80. The minimum atomic E-state index is -4.92. The molecular weight excluding hydrogens is 301 g/mol. The highest BCUT2D eigenvalue weighted by atomic mass is 35.5. The first-order chi connectivity index (χ1) is 9.13. The number of rotatable bonds is 2. The molecule has 4 N–H and O–H groups in total. The van der Waals surface area contributed by atoms with Gasteiger partial charge in [-0.3, -0.25) is 10.1 Å². The van der Waals surface area contributed by atoms with E-state index in [0.29, 0.717) is 12.4 Å². The zero-order valence-corrected chi connectivity index (χ0v) is 10.7. The van der Waals surface area contributed by atoms with Crippen molar-refractivity contribution in [3.63, 3.8) is 0 Å². The molecule has 0 spiro atoms. The molecule has 2 aromatic rings. The molecule has 2 heterocycles. The van der Waals surface area contributed by atoms with Crippen molar-refractivity contribution in [1.29, 1.82) is 0 Å². The number of nitrogens with one attached hydrogen (secondary N) is 2. The second-order valence-electron chi connectivity index (χ2n) is 4.09. The highest BCUT2D eigenvalue weighted by molar-refractivity contribution is 6.33. The zero-order valence-electron chi connectivity index (χ0n) is 9.92. The third-order valence-electron chi connectivity index (χ3n) is 2.53. The van der Waals surface area contributed by atoms with Crippen LogP contribution in [-0.4, -0.2) is 37.6 Å². The van der Waals surface area contributed by atoms with E-state index in [1.165, 1.54) is 6.33 Å². The molecule has 108 valence electrons. The first kappa shape index (κ1) is 14.5. The standard InChI is InChI=1S/C9H8ClF3N6O/c1-8(14,9(11,12)13)6(20)19-7-17-4(10)3-5(18-7)16-2-15-3/h2H,14H2,1H3,(H2,15,16,17,18,19,20). The summed E-state index contributed by atoms with van der Waals surface area (Å²) in [4.78, 5) is 25.3. The van der Waals surface area contributed by atoms with Gasteiger partial charge in [0.15, 0.2) is 16.3 Å². The molecule has 1 unspecified atom stereocenters. The van der Waals surface area contributed by atoms with Crippen LogP contribution in [0, 0.1) is 0 Å². The van der Waals surface area contributed by atoms with Gasteiger partial charge in [0.2, 0.25) is 5.95 Å². The van der Waals surface area contributed by atoms with E-state index < -0.39 is 23.6 Å². The number of amides is 1. The first-order valence-corrected chi connectivity index (χ1v) is 5.54. The molecule has 0 aliphatic rings. The van der Waals surface area contributed by atoms with E-state index in [0.717, 1.165) is 0 Å². The Bertz CT molecular complexity index is 667. The van der Waals surface area contributed by atoms with Crippen LogP contribution in [-0.2, 0) is 4.79 Å². The van der Waals surface area contributed by atoms with Crippen molar-refractivity contribution < 1.29 is 18.0 Å². The molecular formula is C9H8ClF3N6O. The second-order valence-corrected chi connectivity index (χ2v) is 4.45.